The van der Waals surface area contributed by atoms with E-state index >= 15 is 0 Å². The van der Waals surface area contributed by atoms with Gasteiger partial charge in [0, 0.05) is 24.7 Å². The number of sulfonamides is 1. The minimum absolute atomic E-state index is 0.0726. The molecule has 3 aromatic rings. The number of methoxy groups -OCH3 is 1. The van der Waals surface area contributed by atoms with Crippen molar-refractivity contribution in [1.29, 1.82) is 0 Å². The normalized spacial score (nSPS) is 18.9. The van der Waals surface area contributed by atoms with Gasteiger partial charge in [0.15, 0.2) is 0 Å². The van der Waals surface area contributed by atoms with Crippen LogP contribution < -0.4 is 0 Å². The molecule has 9 nitrogen and oxygen atoms in total. The van der Waals surface area contributed by atoms with Crippen molar-refractivity contribution >= 4 is 27.6 Å². The van der Waals surface area contributed by atoms with E-state index in [2.05, 4.69) is 10.3 Å². The van der Waals surface area contributed by atoms with Crippen LogP contribution in [0.15, 0.2) is 60.8 Å². The third-order valence-corrected chi connectivity index (χ3v) is 7.69. The lowest BCUT2D eigenvalue weighted by Gasteiger charge is -2.28. The number of nitrogens with zero attached hydrogens (tertiary/aromatic N) is 5. The summed E-state index contributed by atoms with van der Waals surface area (Å²) in [5.74, 6) is -0.709. The molecule has 1 atom stereocenters. The van der Waals surface area contributed by atoms with E-state index < -0.39 is 22.0 Å². The molecule has 11 heteroatoms. The number of benzene rings is 2. The van der Waals surface area contributed by atoms with Gasteiger partial charge in [-0.1, -0.05) is 59.3 Å². The van der Waals surface area contributed by atoms with Crippen LogP contribution in [0.3, 0.4) is 0 Å². The van der Waals surface area contributed by atoms with E-state index in [-0.39, 0.29) is 18.8 Å². The summed E-state index contributed by atoms with van der Waals surface area (Å²) in [6.07, 6.45) is 1.68. The Morgan fingerprint density at radius 2 is 1.85 bits per heavy atom. The summed E-state index contributed by atoms with van der Waals surface area (Å²) in [7, 11) is -2.48. The Kier molecular flexibility index (Phi) is 7.62. The Labute approximate surface area is 203 Å². The largest absolute Gasteiger partial charge is 0.468 e. The number of hydrogen-bond donors (Lipinski definition) is 0. The summed E-state index contributed by atoms with van der Waals surface area (Å²) in [4.78, 5) is 14.6. The van der Waals surface area contributed by atoms with Crippen molar-refractivity contribution in [3.05, 3.63) is 82.6 Å². The second-order valence-corrected chi connectivity index (χ2v) is 10.6. The molecule has 1 aromatic heterocycles. The van der Waals surface area contributed by atoms with E-state index in [1.165, 1.54) is 11.4 Å². The van der Waals surface area contributed by atoms with Gasteiger partial charge in [-0.3, -0.25) is 9.69 Å². The Morgan fingerprint density at radius 3 is 2.59 bits per heavy atom. The fourth-order valence-corrected chi connectivity index (χ4v) is 5.78. The average Bonchev–Trinajstić information content (AvgIpc) is 3.21. The first-order valence-electron chi connectivity index (χ1n) is 10.8. The lowest BCUT2D eigenvalue weighted by molar-refractivity contribution is -0.145. The predicted molar refractivity (Wildman–Crippen MR) is 127 cm³/mol. The zero-order chi connectivity index (χ0) is 24.1. The molecule has 1 aliphatic rings. The first-order valence-corrected chi connectivity index (χ1v) is 12.8. The molecule has 2 aromatic carbocycles. The van der Waals surface area contributed by atoms with Gasteiger partial charge in [0.2, 0.25) is 10.0 Å². The van der Waals surface area contributed by atoms with Crippen LogP contribution in [0.1, 0.15) is 16.8 Å². The number of carbonyl (C=O) groups excluding carboxylic acids is 1. The van der Waals surface area contributed by atoms with Crippen LogP contribution in [0.2, 0.25) is 5.02 Å². The Bertz CT molecular complexity index is 1230. The smallest absolute Gasteiger partial charge is 0.325 e. The zero-order valence-corrected chi connectivity index (χ0v) is 20.3. The molecule has 34 heavy (non-hydrogen) atoms. The molecule has 4 rings (SSSR count). The maximum absolute atomic E-state index is 13.2. The van der Waals surface area contributed by atoms with Crippen LogP contribution in [-0.4, -0.2) is 70.6 Å². The van der Waals surface area contributed by atoms with Crippen molar-refractivity contribution in [2.75, 3.05) is 26.0 Å². The average molecular weight is 504 g/mol. The van der Waals surface area contributed by atoms with E-state index in [9.17, 15) is 13.2 Å². The lowest BCUT2D eigenvalue weighted by atomic mass is 10.2. The van der Waals surface area contributed by atoms with Crippen molar-refractivity contribution in [2.24, 2.45) is 0 Å². The van der Waals surface area contributed by atoms with Gasteiger partial charge in [-0.05, 0) is 23.3 Å². The molecule has 180 valence electrons. The summed E-state index contributed by atoms with van der Waals surface area (Å²) in [6.45, 7) is 1.43. The molecule has 0 amide bonds. The number of hydrogen-bond acceptors (Lipinski definition) is 7. The highest BCUT2D eigenvalue weighted by Gasteiger charge is 2.40. The summed E-state index contributed by atoms with van der Waals surface area (Å²) < 4.78 is 34.2. The second kappa shape index (κ2) is 10.6. The highest BCUT2D eigenvalue weighted by Crippen LogP contribution is 2.21. The maximum atomic E-state index is 13.2. The van der Waals surface area contributed by atoms with Crippen LogP contribution in [0.5, 0.6) is 0 Å². The number of ether oxygens (including phenoxy) is 1. The molecule has 0 spiro atoms. The fourth-order valence-electron chi connectivity index (χ4n) is 3.97. The zero-order valence-electron chi connectivity index (χ0n) is 18.7. The highest BCUT2D eigenvalue weighted by molar-refractivity contribution is 7.89. The first-order chi connectivity index (χ1) is 16.3. The molecule has 0 saturated carbocycles. The fraction of sp³-hybridized carbons (Fsp3) is 0.348. The van der Waals surface area contributed by atoms with E-state index in [1.54, 1.807) is 16.9 Å². The van der Waals surface area contributed by atoms with Crippen molar-refractivity contribution in [3.8, 4) is 0 Å². The third kappa shape index (κ3) is 6.01. The molecule has 1 aliphatic heterocycles. The van der Waals surface area contributed by atoms with Gasteiger partial charge >= 0.3 is 5.97 Å². The third-order valence-electron chi connectivity index (χ3n) is 5.66. The van der Waals surface area contributed by atoms with Crippen LogP contribution in [0.25, 0.3) is 0 Å². The molecule has 1 fully saturated rings. The molecule has 1 saturated heterocycles. The Balaban J connectivity index is 1.54. The van der Waals surface area contributed by atoms with E-state index in [4.69, 9.17) is 16.3 Å². The van der Waals surface area contributed by atoms with E-state index in [1.807, 2.05) is 53.4 Å². The highest BCUT2D eigenvalue weighted by atomic mass is 35.5. The van der Waals surface area contributed by atoms with Crippen molar-refractivity contribution in [3.63, 3.8) is 0 Å². The number of rotatable bonds is 7. The Hall–Kier alpha value is -2.79. The number of aromatic nitrogens is 3. The maximum Gasteiger partial charge on any atom is 0.325 e. The summed E-state index contributed by atoms with van der Waals surface area (Å²) in [5, 5.41) is 8.87. The van der Waals surface area contributed by atoms with Gasteiger partial charge < -0.3 is 4.74 Å². The lowest BCUT2D eigenvalue weighted by Crippen LogP contribution is -2.48. The van der Waals surface area contributed by atoms with Crippen molar-refractivity contribution < 1.29 is 17.9 Å². The van der Waals surface area contributed by atoms with Gasteiger partial charge in [0.25, 0.3) is 0 Å². The van der Waals surface area contributed by atoms with Crippen LogP contribution >= 0.6 is 11.6 Å². The second-order valence-electron chi connectivity index (χ2n) is 8.16. The summed E-state index contributed by atoms with van der Waals surface area (Å²) >= 11 is 6.05. The van der Waals surface area contributed by atoms with Crippen LogP contribution in [0, 0.1) is 0 Å². The number of halogens is 1. The monoisotopic (exact) mass is 503 g/mol. The molecule has 0 bridgehead atoms. The summed E-state index contributed by atoms with van der Waals surface area (Å²) in [6, 6.07) is 16.1. The molecule has 1 unspecified atom stereocenters. The van der Waals surface area contributed by atoms with Gasteiger partial charge in [0.1, 0.15) is 6.04 Å². The topological polar surface area (TPSA) is 97.6 Å². The molecule has 0 aliphatic carbocycles. The predicted octanol–water partition coefficient (Wildman–Crippen LogP) is 2.17. The van der Waals surface area contributed by atoms with E-state index in [0.717, 1.165) is 11.1 Å². The molecule has 2 heterocycles. The minimum atomic E-state index is -3.75. The number of esters is 1. The molecular formula is C23H26ClN5O4S. The first kappa shape index (κ1) is 24.3. The van der Waals surface area contributed by atoms with Crippen molar-refractivity contribution in [1.82, 2.24) is 24.2 Å². The van der Waals surface area contributed by atoms with E-state index in [0.29, 0.717) is 30.4 Å². The standard InChI is InChI=1S/C23H26ClN5O4S/c1-33-23(30)22-17-27(13-18-6-3-2-4-7-18)10-11-34(31,32)29(22)16-21-15-28(26-25-21)14-19-8-5-9-20(24)12-19/h2-9,12,15,22H,10-11,13-14,16-17H2,1H3. The van der Waals surface area contributed by atoms with Gasteiger partial charge in [0.05, 0.1) is 37.8 Å². The SMILES string of the molecule is COC(=O)C1CN(Cc2ccccc2)CCS(=O)(=O)N1Cc1cn(Cc2cccc(Cl)c2)nn1. The molecule has 0 N–H and O–H groups in total. The van der Waals surface area contributed by atoms with Crippen molar-refractivity contribution in [2.45, 2.75) is 25.7 Å². The van der Waals surface area contributed by atoms with Crippen LogP contribution in [-0.2, 0) is 39.2 Å². The molecule has 0 radical (unpaired) electrons. The van der Waals surface area contributed by atoms with Gasteiger partial charge in [-0.2, -0.15) is 4.31 Å². The van der Waals surface area contributed by atoms with Gasteiger partial charge in [-0.15, -0.1) is 5.10 Å². The molecular weight excluding hydrogens is 478 g/mol. The minimum Gasteiger partial charge on any atom is -0.468 e. The number of carbonyl (C=O) groups is 1. The quantitative estimate of drug-likeness (QED) is 0.456. The van der Waals surface area contributed by atoms with Crippen LogP contribution in [0.4, 0.5) is 0 Å². The Morgan fingerprint density at radius 1 is 1.09 bits per heavy atom. The van der Waals surface area contributed by atoms with Gasteiger partial charge in [-0.25, -0.2) is 13.1 Å². The summed E-state index contributed by atoms with van der Waals surface area (Å²) in [5.41, 5.74) is 2.42.